The van der Waals surface area contributed by atoms with Crippen molar-refractivity contribution in [3.8, 4) is 0 Å². The summed E-state index contributed by atoms with van der Waals surface area (Å²) in [7, 11) is 1.71. The molecule has 8 heteroatoms. The zero-order chi connectivity index (χ0) is 14.2. The fraction of sp³-hybridized carbons (Fsp3) is 0.273. The first-order valence-electron chi connectivity index (χ1n) is 5.19. The van der Waals surface area contributed by atoms with Crippen LogP contribution in [0.25, 0.3) is 0 Å². The highest BCUT2D eigenvalue weighted by Gasteiger charge is 2.31. The molecule has 2 heterocycles. The van der Waals surface area contributed by atoms with Crippen LogP contribution in [-0.2, 0) is 13.2 Å². The van der Waals surface area contributed by atoms with Crippen molar-refractivity contribution in [2.45, 2.75) is 23.2 Å². The van der Waals surface area contributed by atoms with Crippen molar-refractivity contribution < 1.29 is 13.2 Å². The molecule has 102 valence electrons. The van der Waals surface area contributed by atoms with Crippen molar-refractivity contribution in [1.29, 1.82) is 0 Å². The molecule has 2 rings (SSSR count). The largest absolute Gasteiger partial charge is 0.416 e. The van der Waals surface area contributed by atoms with Crippen molar-refractivity contribution in [2.24, 2.45) is 7.05 Å². The number of pyridine rings is 1. The van der Waals surface area contributed by atoms with Crippen molar-refractivity contribution in [1.82, 2.24) is 14.8 Å². The fourth-order valence-electron chi connectivity index (χ4n) is 1.48. The molecule has 0 saturated carbocycles. The van der Waals surface area contributed by atoms with Gasteiger partial charge in [-0.1, -0.05) is 23.4 Å². The maximum atomic E-state index is 12.7. The van der Waals surface area contributed by atoms with Crippen LogP contribution in [0.3, 0.4) is 0 Å². The Morgan fingerprint density at radius 2 is 1.95 bits per heavy atom. The van der Waals surface area contributed by atoms with Crippen LogP contribution in [0.4, 0.5) is 13.2 Å². The summed E-state index contributed by atoms with van der Waals surface area (Å²) in [4.78, 5) is 3.88. The topological polar surface area (TPSA) is 30.7 Å². The lowest BCUT2D eigenvalue weighted by atomic mass is 10.3. The summed E-state index contributed by atoms with van der Waals surface area (Å²) in [6, 6.07) is 3.54. The van der Waals surface area contributed by atoms with Gasteiger partial charge in [-0.05, 0) is 25.1 Å². The average Bonchev–Trinajstić information content (AvgIpc) is 2.55. The maximum absolute atomic E-state index is 12.7. The Bertz CT molecular complexity index is 610. The molecule has 0 spiro atoms. The Balaban J connectivity index is 2.35. The van der Waals surface area contributed by atoms with Crippen molar-refractivity contribution in [3.05, 3.63) is 34.6 Å². The summed E-state index contributed by atoms with van der Waals surface area (Å²) in [5, 5.41) is 4.81. The van der Waals surface area contributed by atoms with E-state index in [9.17, 15) is 13.2 Å². The predicted octanol–water partition coefficient (Wildman–Crippen LogP) is 3.95. The third-order valence-corrected chi connectivity index (χ3v) is 3.47. The second-order valence-electron chi connectivity index (χ2n) is 3.86. The van der Waals surface area contributed by atoms with Gasteiger partial charge in [0.25, 0.3) is 0 Å². The number of alkyl halides is 3. The molecule has 0 aliphatic rings. The second-order valence-corrected chi connectivity index (χ2v) is 5.29. The molecular formula is C11H9ClF3N3S. The standard InChI is InChI=1S/C11H9ClF3N3S/c1-6-3-10(18(2)17-6)19-9-5-7(11(13,14)15)4-8(12)16-9/h3-5H,1-2H3. The van der Waals surface area contributed by atoms with E-state index in [2.05, 4.69) is 10.1 Å². The van der Waals surface area contributed by atoms with Gasteiger partial charge in [-0.2, -0.15) is 18.3 Å². The zero-order valence-electron chi connectivity index (χ0n) is 9.99. The van der Waals surface area contributed by atoms with Gasteiger partial charge in [0, 0.05) is 7.05 Å². The van der Waals surface area contributed by atoms with Gasteiger partial charge in [0.1, 0.15) is 15.2 Å². The Morgan fingerprint density at radius 1 is 1.26 bits per heavy atom. The highest BCUT2D eigenvalue weighted by Crippen LogP contribution is 2.35. The van der Waals surface area contributed by atoms with Crippen LogP contribution in [0, 0.1) is 6.92 Å². The van der Waals surface area contributed by atoms with E-state index in [1.54, 1.807) is 24.7 Å². The Labute approximate surface area is 116 Å². The van der Waals surface area contributed by atoms with Gasteiger partial charge in [0.15, 0.2) is 0 Å². The number of hydrogen-bond donors (Lipinski definition) is 0. The Hall–Kier alpha value is -1.21. The van der Waals surface area contributed by atoms with E-state index in [0.717, 1.165) is 29.6 Å². The molecule has 0 aliphatic heterocycles. The van der Waals surface area contributed by atoms with Crippen LogP contribution in [-0.4, -0.2) is 14.8 Å². The van der Waals surface area contributed by atoms with Crippen LogP contribution in [0.15, 0.2) is 28.3 Å². The number of nitrogens with zero attached hydrogens (tertiary/aromatic N) is 3. The molecule has 0 aromatic carbocycles. The van der Waals surface area contributed by atoms with E-state index in [4.69, 9.17) is 11.6 Å². The van der Waals surface area contributed by atoms with Gasteiger partial charge in [-0.15, -0.1) is 0 Å². The van der Waals surface area contributed by atoms with E-state index in [0.29, 0.717) is 5.03 Å². The summed E-state index contributed by atoms with van der Waals surface area (Å²) in [5.41, 5.74) is -0.0306. The molecule has 0 bridgehead atoms. The monoisotopic (exact) mass is 307 g/mol. The van der Waals surface area contributed by atoms with Gasteiger partial charge in [-0.3, -0.25) is 4.68 Å². The van der Waals surface area contributed by atoms with Crippen LogP contribution >= 0.6 is 23.4 Å². The first-order valence-corrected chi connectivity index (χ1v) is 6.38. The average molecular weight is 308 g/mol. The smallest absolute Gasteiger partial charge is 0.261 e. The number of halogens is 4. The zero-order valence-corrected chi connectivity index (χ0v) is 11.6. The van der Waals surface area contributed by atoms with Gasteiger partial charge >= 0.3 is 6.18 Å². The second kappa shape index (κ2) is 5.05. The highest BCUT2D eigenvalue weighted by molar-refractivity contribution is 7.99. The van der Waals surface area contributed by atoms with E-state index in [1.807, 2.05) is 0 Å². The molecule has 0 unspecified atom stereocenters. The third kappa shape index (κ3) is 3.42. The molecule has 0 radical (unpaired) electrons. The van der Waals surface area contributed by atoms with E-state index >= 15 is 0 Å². The lowest BCUT2D eigenvalue weighted by Crippen LogP contribution is -2.05. The van der Waals surface area contributed by atoms with Gasteiger partial charge in [0.05, 0.1) is 11.3 Å². The van der Waals surface area contributed by atoms with E-state index in [1.165, 1.54) is 0 Å². The van der Waals surface area contributed by atoms with Gasteiger partial charge < -0.3 is 0 Å². The van der Waals surface area contributed by atoms with E-state index < -0.39 is 11.7 Å². The Morgan fingerprint density at radius 3 is 2.47 bits per heavy atom. The maximum Gasteiger partial charge on any atom is 0.416 e. The molecule has 0 fully saturated rings. The first kappa shape index (κ1) is 14.2. The van der Waals surface area contributed by atoms with Gasteiger partial charge in [-0.25, -0.2) is 4.98 Å². The van der Waals surface area contributed by atoms with Crippen LogP contribution < -0.4 is 0 Å². The van der Waals surface area contributed by atoms with E-state index in [-0.39, 0.29) is 10.2 Å². The highest BCUT2D eigenvalue weighted by atomic mass is 35.5. The molecule has 0 aliphatic carbocycles. The van der Waals surface area contributed by atoms with Crippen molar-refractivity contribution in [2.75, 3.05) is 0 Å². The van der Waals surface area contributed by atoms with Crippen molar-refractivity contribution >= 4 is 23.4 Å². The number of aromatic nitrogens is 3. The molecule has 2 aromatic heterocycles. The number of rotatable bonds is 2. The number of hydrogen-bond acceptors (Lipinski definition) is 3. The summed E-state index contributed by atoms with van der Waals surface area (Å²) in [6.07, 6.45) is -4.44. The lowest BCUT2D eigenvalue weighted by molar-refractivity contribution is -0.137. The lowest BCUT2D eigenvalue weighted by Gasteiger charge is -2.08. The fourth-order valence-corrected chi connectivity index (χ4v) is 2.68. The molecule has 0 atom stereocenters. The molecule has 2 aromatic rings. The quantitative estimate of drug-likeness (QED) is 0.787. The normalized spacial score (nSPS) is 11.9. The summed E-state index contributed by atoms with van der Waals surface area (Å²) >= 11 is 6.70. The minimum atomic E-state index is -4.44. The molecule has 3 nitrogen and oxygen atoms in total. The van der Waals surface area contributed by atoms with Gasteiger partial charge in [0.2, 0.25) is 0 Å². The molecule has 19 heavy (non-hydrogen) atoms. The molecular weight excluding hydrogens is 299 g/mol. The van der Waals surface area contributed by atoms with Crippen LogP contribution in [0.2, 0.25) is 5.15 Å². The molecule has 0 saturated heterocycles. The third-order valence-electron chi connectivity index (χ3n) is 2.27. The minimum absolute atomic E-state index is 0.183. The predicted molar refractivity (Wildman–Crippen MR) is 66.3 cm³/mol. The van der Waals surface area contributed by atoms with Crippen molar-refractivity contribution in [3.63, 3.8) is 0 Å². The molecule has 0 N–H and O–H groups in total. The first-order chi connectivity index (χ1) is 8.75. The number of aryl methyl sites for hydroxylation is 2. The minimum Gasteiger partial charge on any atom is -0.261 e. The SMILES string of the molecule is Cc1cc(Sc2cc(C(F)(F)F)cc(Cl)n2)n(C)n1. The summed E-state index contributed by atoms with van der Waals surface area (Å²) in [6.45, 7) is 1.80. The van der Waals surface area contributed by atoms with Crippen LogP contribution in [0.5, 0.6) is 0 Å². The molecule has 0 amide bonds. The Kier molecular flexibility index (Phi) is 3.78. The summed E-state index contributed by atoms with van der Waals surface area (Å²) < 4.78 is 39.5. The van der Waals surface area contributed by atoms with Crippen LogP contribution in [0.1, 0.15) is 11.3 Å². The summed E-state index contributed by atoms with van der Waals surface area (Å²) in [5.74, 6) is 0.